The van der Waals surface area contributed by atoms with Crippen molar-refractivity contribution in [3.05, 3.63) is 12.4 Å². The van der Waals surface area contributed by atoms with Crippen molar-refractivity contribution in [1.82, 2.24) is 15.3 Å². The SMILES string of the molecule is CC(=O)NCC(=O)Nc1cc(N2CCOCC2)ncn1. The first kappa shape index (κ1) is 14.2. The molecule has 8 nitrogen and oxygen atoms in total. The fourth-order valence-corrected chi connectivity index (χ4v) is 1.77. The van der Waals surface area contributed by atoms with Crippen LogP contribution in [0.4, 0.5) is 11.6 Å². The zero-order chi connectivity index (χ0) is 14.4. The average molecular weight is 279 g/mol. The number of aromatic nitrogens is 2. The fourth-order valence-electron chi connectivity index (χ4n) is 1.77. The summed E-state index contributed by atoms with van der Waals surface area (Å²) in [6, 6.07) is 1.71. The highest BCUT2D eigenvalue weighted by molar-refractivity contribution is 5.93. The third-order valence-corrected chi connectivity index (χ3v) is 2.75. The van der Waals surface area contributed by atoms with Crippen molar-refractivity contribution in [2.45, 2.75) is 6.92 Å². The number of hydrogen-bond donors (Lipinski definition) is 2. The van der Waals surface area contributed by atoms with E-state index in [1.54, 1.807) is 6.07 Å². The van der Waals surface area contributed by atoms with E-state index in [9.17, 15) is 9.59 Å². The summed E-state index contributed by atoms with van der Waals surface area (Å²) >= 11 is 0. The lowest BCUT2D eigenvalue weighted by Crippen LogP contribution is -2.37. The van der Waals surface area contributed by atoms with Gasteiger partial charge in [-0.3, -0.25) is 9.59 Å². The number of rotatable bonds is 4. The number of hydrogen-bond acceptors (Lipinski definition) is 6. The minimum absolute atomic E-state index is 0.0772. The van der Waals surface area contributed by atoms with Gasteiger partial charge in [0.2, 0.25) is 11.8 Å². The number of morpholine rings is 1. The fraction of sp³-hybridized carbons (Fsp3) is 0.500. The van der Waals surface area contributed by atoms with Crippen molar-refractivity contribution < 1.29 is 14.3 Å². The van der Waals surface area contributed by atoms with E-state index in [1.165, 1.54) is 13.3 Å². The highest BCUT2D eigenvalue weighted by Gasteiger charge is 2.13. The van der Waals surface area contributed by atoms with Gasteiger partial charge in [-0.2, -0.15) is 0 Å². The number of nitrogens with one attached hydrogen (secondary N) is 2. The third kappa shape index (κ3) is 4.16. The van der Waals surface area contributed by atoms with Crippen LogP contribution in [0.5, 0.6) is 0 Å². The Hall–Kier alpha value is -2.22. The van der Waals surface area contributed by atoms with Crippen molar-refractivity contribution in [3.63, 3.8) is 0 Å². The summed E-state index contributed by atoms with van der Waals surface area (Å²) in [5.74, 6) is 0.582. The summed E-state index contributed by atoms with van der Waals surface area (Å²) in [5, 5.41) is 5.04. The second-order valence-corrected chi connectivity index (χ2v) is 4.32. The Labute approximate surface area is 116 Å². The molecule has 1 aromatic rings. The number of carbonyl (C=O) groups excluding carboxylic acids is 2. The molecule has 2 rings (SSSR count). The molecule has 108 valence electrons. The average Bonchev–Trinajstić information content (AvgIpc) is 2.46. The Morgan fingerprint density at radius 3 is 2.80 bits per heavy atom. The highest BCUT2D eigenvalue weighted by atomic mass is 16.5. The molecular weight excluding hydrogens is 262 g/mol. The van der Waals surface area contributed by atoms with E-state index in [4.69, 9.17) is 4.74 Å². The monoisotopic (exact) mass is 279 g/mol. The summed E-state index contributed by atoms with van der Waals surface area (Å²) in [7, 11) is 0. The Morgan fingerprint density at radius 2 is 2.10 bits per heavy atom. The van der Waals surface area contributed by atoms with Gasteiger partial charge in [0.05, 0.1) is 19.8 Å². The molecule has 1 saturated heterocycles. The molecule has 0 saturated carbocycles. The van der Waals surface area contributed by atoms with Crippen LogP contribution in [-0.2, 0) is 14.3 Å². The van der Waals surface area contributed by atoms with Crippen LogP contribution in [-0.4, -0.2) is 54.6 Å². The van der Waals surface area contributed by atoms with E-state index in [1.807, 2.05) is 0 Å². The van der Waals surface area contributed by atoms with Gasteiger partial charge in [-0.1, -0.05) is 0 Å². The molecule has 0 atom stereocenters. The molecular formula is C12H17N5O3. The zero-order valence-electron chi connectivity index (χ0n) is 11.3. The van der Waals surface area contributed by atoms with E-state index in [-0.39, 0.29) is 18.4 Å². The standard InChI is InChI=1S/C12H17N5O3/c1-9(18)13-7-12(19)16-10-6-11(15-8-14-10)17-2-4-20-5-3-17/h6,8H,2-5,7H2,1H3,(H,13,18)(H,14,15,16,19). The van der Waals surface area contributed by atoms with Crippen molar-refractivity contribution >= 4 is 23.5 Å². The van der Waals surface area contributed by atoms with Gasteiger partial charge in [0, 0.05) is 26.1 Å². The summed E-state index contributed by atoms with van der Waals surface area (Å²) in [4.78, 5) is 32.5. The number of carbonyl (C=O) groups is 2. The van der Waals surface area contributed by atoms with Crippen molar-refractivity contribution in [2.24, 2.45) is 0 Å². The van der Waals surface area contributed by atoms with Crippen LogP contribution < -0.4 is 15.5 Å². The molecule has 0 unspecified atom stereocenters. The topological polar surface area (TPSA) is 96.5 Å². The number of ether oxygens (including phenoxy) is 1. The molecule has 2 N–H and O–H groups in total. The molecule has 0 aliphatic carbocycles. The number of anilines is 2. The van der Waals surface area contributed by atoms with Gasteiger partial charge in [-0.15, -0.1) is 0 Å². The quantitative estimate of drug-likeness (QED) is 0.763. The van der Waals surface area contributed by atoms with Crippen LogP contribution in [0.2, 0.25) is 0 Å². The first-order valence-corrected chi connectivity index (χ1v) is 6.34. The maximum Gasteiger partial charge on any atom is 0.244 e. The molecule has 0 bridgehead atoms. The molecule has 0 aromatic carbocycles. The van der Waals surface area contributed by atoms with Gasteiger partial charge in [0.15, 0.2) is 0 Å². The molecule has 0 spiro atoms. The minimum atomic E-state index is -0.327. The Kier molecular flexibility index (Phi) is 4.83. The van der Waals surface area contributed by atoms with Gasteiger partial charge < -0.3 is 20.3 Å². The summed E-state index contributed by atoms with van der Waals surface area (Å²) in [6.07, 6.45) is 1.40. The summed E-state index contributed by atoms with van der Waals surface area (Å²) in [5.41, 5.74) is 0. The van der Waals surface area contributed by atoms with Crippen LogP contribution in [0.25, 0.3) is 0 Å². The molecule has 1 fully saturated rings. The summed E-state index contributed by atoms with van der Waals surface area (Å²) < 4.78 is 5.28. The van der Waals surface area contributed by atoms with Crippen LogP contribution in [0.3, 0.4) is 0 Å². The van der Waals surface area contributed by atoms with Crippen LogP contribution in [0.1, 0.15) is 6.92 Å². The molecule has 1 aliphatic rings. The van der Waals surface area contributed by atoms with Crippen molar-refractivity contribution in [2.75, 3.05) is 43.1 Å². The lowest BCUT2D eigenvalue weighted by Gasteiger charge is -2.27. The van der Waals surface area contributed by atoms with E-state index in [0.717, 1.165) is 18.9 Å². The van der Waals surface area contributed by atoms with E-state index in [2.05, 4.69) is 25.5 Å². The van der Waals surface area contributed by atoms with Crippen LogP contribution in [0, 0.1) is 0 Å². The summed E-state index contributed by atoms with van der Waals surface area (Å²) in [6.45, 7) is 4.12. The van der Waals surface area contributed by atoms with E-state index < -0.39 is 0 Å². The molecule has 1 aromatic heterocycles. The Bertz CT molecular complexity index is 488. The largest absolute Gasteiger partial charge is 0.378 e. The maximum absolute atomic E-state index is 11.6. The normalized spacial score (nSPS) is 14.8. The Balaban J connectivity index is 1.95. The smallest absolute Gasteiger partial charge is 0.244 e. The predicted molar refractivity (Wildman–Crippen MR) is 72.4 cm³/mol. The Morgan fingerprint density at radius 1 is 1.35 bits per heavy atom. The molecule has 1 aliphatic heterocycles. The van der Waals surface area contributed by atoms with E-state index >= 15 is 0 Å². The van der Waals surface area contributed by atoms with Gasteiger partial charge in [-0.25, -0.2) is 9.97 Å². The van der Waals surface area contributed by atoms with Gasteiger partial charge in [0.25, 0.3) is 0 Å². The minimum Gasteiger partial charge on any atom is -0.378 e. The van der Waals surface area contributed by atoms with Crippen molar-refractivity contribution in [3.8, 4) is 0 Å². The lowest BCUT2D eigenvalue weighted by atomic mass is 10.4. The van der Waals surface area contributed by atoms with Crippen LogP contribution >= 0.6 is 0 Å². The lowest BCUT2D eigenvalue weighted by molar-refractivity contribution is -0.122. The first-order valence-electron chi connectivity index (χ1n) is 6.34. The predicted octanol–water partition coefficient (Wildman–Crippen LogP) is -0.612. The zero-order valence-corrected chi connectivity index (χ0v) is 11.3. The second-order valence-electron chi connectivity index (χ2n) is 4.32. The first-order chi connectivity index (χ1) is 9.65. The third-order valence-electron chi connectivity index (χ3n) is 2.75. The van der Waals surface area contributed by atoms with E-state index in [0.29, 0.717) is 19.0 Å². The second kappa shape index (κ2) is 6.80. The highest BCUT2D eigenvalue weighted by Crippen LogP contribution is 2.15. The van der Waals surface area contributed by atoms with Gasteiger partial charge >= 0.3 is 0 Å². The van der Waals surface area contributed by atoms with Crippen molar-refractivity contribution in [1.29, 1.82) is 0 Å². The molecule has 2 heterocycles. The number of nitrogens with zero attached hydrogens (tertiary/aromatic N) is 3. The molecule has 8 heteroatoms. The molecule has 20 heavy (non-hydrogen) atoms. The molecule has 0 radical (unpaired) electrons. The number of amides is 2. The van der Waals surface area contributed by atoms with Crippen LogP contribution in [0.15, 0.2) is 12.4 Å². The maximum atomic E-state index is 11.6. The molecule has 2 amide bonds. The van der Waals surface area contributed by atoms with Gasteiger partial charge in [-0.05, 0) is 0 Å². The van der Waals surface area contributed by atoms with Gasteiger partial charge in [0.1, 0.15) is 18.0 Å².